The molecular weight excluding hydrogens is 326 g/mol. The van der Waals surface area contributed by atoms with Gasteiger partial charge in [0.1, 0.15) is 6.26 Å². The minimum atomic E-state index is -0.613. The van der Waals surface area contributed by atoms with E-state index >= 15 is 0 Å². The lowest BCUT2D eigenvalue weighted by Crippen LogP contribution is -2.34. The van der Waals surface area contributed by atoms with Crippen molar-refractivity contribution >= 4 is 17.6 Å². The smallest absolute Gasteiger partial charge is 0.341 e. The molecule has 1 aliphatic carbocycles. The molecule has 1 aromatic heterocycles. The van der Waals surface area contributed by atoms with Crippen LogP contribution < -0.4 is 14.8 Å². The van der Waals surface area contributed by atoms with Crippen molar-refractivity contribution in [3.63, 3.8) is 0 Å². The Kier molecular flexibility index (Phi) is 3.83. The van der Waals surface area contributed by atoms with E-state index in [1.54, 1.807) is 18.2 Å². The standard InChI is InChI=1S/C18H17NO6/c20-16(11-23-17(21)12-5-8-22-10-12)19-13-3-4-14-15(9-13)25-18(24-14)6-1-2-7-18/h3-5,8-10H,1-2,6-7,11H2,(H,19,20). The molecule has 0 radical (unpaired) electrons. The van der Waals surface area contributed by atoms with Gasteiger partial charge in [0.25, 0.3) is 11.7 Å². The van der Waals surface area contributed by atoms with Crippen LogP contribution in [0.3, 0.4) is 0 Å². The summed E-state index contributed by atoms with van der Waals surface area (Å²) in [6.45, 7) is -0.387. The van der Waals surface area contributed by atoms with Crippen molar-refractivity contribution in [3.8, 4) is 11.5 Å². The van der Waals surface area contributed by atoms with E-state index in [4.69, 9.17) is 18.6 Å². The highest BCUT2D eigenvalue weighted by Gasteiger charge is 2.44. The van der Waals surface area contributed by atoms with Crippen molar-refractivity contribution < 1.29 is 28.2 Å². The highest BCUT2D eigenvalue weighted by molar-refractivity contribution is 5.95. The normalized spacial score (nSPS) is 16.8. The van der Waals surface area contributed by atoms with Gasteiger partial charge in [0.05, 0.1) is 11.8 Å². The second-order valence-electron chi connectivity index (χ2n) is 6.12. The molecule has 1 aliphatic heterocycles. The molecule has 0 saturated heterocycles. The zero-order chi connectivity index (χ0) is 17.3. The largest absolute Gasteiger partial charge is 0.472 e. The molecule has 1 spiro atoms. The highest BCUT2D eigenvalue weighted by atomic mass is 16.7. The van der Waals surface area contributed by atoms with Crippen LogP contribution in [0.2, 0.25) is 0 Å². The molecule has 2 aliphatic rings. The number of carbonyl (C=O) groups excluding carboxylic acids is 2. The summed E-state index contributed by atoms with van der Waals surface area (Å²) in [7, 11) is 0. The van der Waals surface area contributed by atoms with Gasteiger partial charge in [-0.3, -0.25) is 4.79 Å². The Labute approximate surface area is 143 Å². The predicted molar refractivity (Wildman–Crippen MR) is 86.5 cm³/mol. The van der Waals surface area contributed by atoms with E-state index in [-0.39, 0.29) is 12.2 Å². The predicted octanol–water partition coefficient (Wildman–Crippen LogP) is 3.12. The van der Waals surface area contributed by atoms with Crippen molar-refractivity contribution in [2.75, 3.05) is 11.9 Å². The number of rotatable bonds is 4. The van der Waals surface area contributed by atoms with Crippen LogP contribution in [0.25, 0.3) is 0 Å². The van der Waals surface area contributed by atoms with E-state index in [1.807, 2.05) is 0 Å². The van der Waals surface area contributed by atoms with Gasteiger partial charge >= 0.3 is 5.97 Å². The Hall–Kier alpha value is -2.96. The topological polar surface area (TPSA) is 87.0 Å². The monoisotopic (exact) mass is 343 g/mol. The molecule has 130 valence electrons. The van der Waals surface area contributed by atoms with E-state index < -0.39 is 17.7 Å². The van der Waals surface area contributed by atoms with E-state index in [9.17, 15) is 9.59 Å². The van der Waals surface area contributed by atoms with E-state index in [0.29, 0.717) is 17.2 Å². The van der Waals surface area contributed by atoms with Crippen LogP contribution in [-0.4, -0.2) is 24.3 Å². The molecular formula is C18H17NO6. The maximum Gasteiger partial charge on any atom is 0.341 e. The summed E-state index contributed by atoms with van der Waals surface area (Å²) in [5.41, 5.74) is 0.819. The summed E-state index contributed by atoms with van der Waals surface area (Å²) in [5, 5.41) is 2.68. The molecule has 1 aromatic carbocycles. The minimum absolute atomic E-state index is 0.262. The van der Waals surface area contributed by atoms with Crippen LogP contribution in [0.4, 0.5) is 5.69 Å². The molecule has 1 saturated carbocycles. The van der Waals surface area contributed by atoms with Crippen LogP contribution in [-0.2, 0) is 9.53 Å². The summed E-state index contributed by atoms with van der Waals surface area (Å²) < 4.78 is 21.6. The molecule has 1 fully saturated rings. The van der Waals surface area contributed by atoms with Crippen LogP contribution in [0.1, 0.15) is 36.0 Å². The zero-order valence-electron chi connectivity index (χ0n) is 13.4. The summed E-state index contributed by atoms with van der Waals surface area (Å²) in [6, 6.07) is 6.69. The van der Waals surface area contributed by atoms with E-state index in [2.05, 4.69) is 5.32 Å². The van der Waals surface area contributed by atoms with Crippen molar-refractivity contribution in [1.29, 1.82) is 0 Å². The van der Waals surface area contributed by atoms with E-state index in [1.165, 1.54) is 18.6 Å². The first kappa shape index (κ1) is 15.6. The van der Waals surface area contributed by atoms with Crippen LogP contribution in [0, 0.1) is 0 Å². The lowest BCUT2D eigenvalue weighted by Gasteiger charge is -2.21. The molecule has 1 amide bonds. The molecule has 0 unspecified atom stereocenters. The van der Waals surface area contributed by atoms with Gasteiger partial charge in [0, 0.05) is 24.6 Å². The zero-order valence-corrected chi connectivity index (χ0v) is 13.4. The number of benzene rings is 1. The summed E-state index contributed by atoms with van der Waals surface area (Å²) in [6.07, 6.45) is 6.53. The lowest BCUT2D eigenvalue weighted by atomic mass is 10.2. The number of ether oxygens (including phenoxy) is 3. The lowest BCUT2D eigenvalue weighted by molar-refractivity contribution is -0.119. The Morgan fingerprint density at radius 2 is 1.92 bits per heavy atom. The van der Waals surface area contributed by atoms with Crippen molar-refractivity contribution in [2.24, 2.45) is 0 Å². The molecule has 7 heteroatoms. The molecule has 2 heterocycles. The van der Waals surface area contributed by atoms with Crippen molar-refractivity contribution in [3.05, 3.63) is 42.4 Å². The fraction of sp³-hybridized carbons (Fsp3) is 0.333. The van der Waals surface area contributed by atoms with Gasteiger partial charge in [0.15, 0.2) is 18.1 Å². The van der Waals surface area contributed by atoms with Crippen LogP contribution >= 0.6 is 0 Å². The number of esters is 1. The third kappa shape index (κ3) is 3.17. The summed E-state index contributed by atoms with van der Waals surface area (Å²) in [4.78, 5) is 23.6. The quantitative estimate of drug-likeness (QED) is 0.858. The minimum Gasteiger partial charge on any atom is -0.472 e. The summed E-state index contributed by atoms with van der Waals surface area (Å²) in [5.74, 6) is -0.282. The number of carbonyl (C=O) groups is 2. The Bertz CT molecular complexity index is 792. The van der Waals surface area contributed by atoms with Gasteiger partial charge in [-0.25, -0.2) is 4.79 Å². The average Bonchev–Trinajstić information content (AvgIpc) is 3.33. The van der Waals surface area contributed by atoms with E-state index in [0.717, 1.165) is 25.7 Å². The fourth-order valence-corrected chi connectivity index (χ4v) is 3.08. The molecule has 0 atom stereocenters. The number of furan rings is 1. The van der Waals surface area contributed by atoms with Crippen LogP contribution in [0.5, 0.6) is 11.5 Å². The Morgan fingerprint density at radius 1 is 1.12 bits per heavy atom. The molecule has 7 nitrogen and oxygen atoms in total. The number of nitrogens with one attached hydrogen (secondary N) is 1. The van der Waals surface area contributed by atoms with Gasteiger partial charge < -0.3 is 23.9 Å². The van der Waals surface area contributed by atoms with Gasteiger partial charge in [0.2, 0.25) is 0 Å². The number of hydrogen-bond acceptors (Lipinski definition) is 6. The number of amides is 1. The number of fused-ring (bicyclic) bond motifs is 1. The van der Waals surface area contributed by atoms with Gasteiger partial charge in [-0.05, 0) is 31.0 Å². The number of anilines is 1. The number of hydrogen-bond donors (Lipinski definition) is 1. The van der Waals surface area contributed by atoms with Crippen molar-refractivity contribution in [2.45, 2.75) is 31.5 Å². The third-order valence-electron chi connectivity index (χ3n) is 4.28. The van der Waals surface area contributed by atoms with Gasteiger partial charge in [-0.1, -0.05) is 0 Å². The first-order valence-corrected chi connectivity index (χ1v) is 8.15. The first-order chi connectivity index (χ1) is 12.1. The van der Waals surface area contributed by atoms with Crippen molar-refractivity contribution in [1.82, 2.24) is 0 Å². The fourth-order valence-electron chi connectivity index (χ4n) is 3.08. The molecule has 1 N–H and O–H groups in total. The maximum atomic E-state index is 12.0. The molecule has 4 rings (SSSR count). The van der Waals surface area contributed by atoms with Gasteiger partial charge in [-0.15, -0.1) is 0 Å². The Morgan fingerprint density at radius 3 is 2.68 bits per heavy atom. The Balaban J connectivity index is 1.34. The second kappa shape index (κ2) is 6.16. The maximum absolute atomic E-state index is 12.0. The second-order valence-corrected chi connectivity index (χ2v) is 6.12. The third-order valence-corrected chi connectivity index (χ3v) is 4.28. The summed E-state index contributed by atoms with van der Waals surface area (Å²) >= 11 is 0. The first-order valence-electron chi connectivity index (χ1n) is 8.15. The van der Waals surface area contributed by atoms with Gasteiger partial charge in [-0.2, -0.15) is 0 Å². The molecule has 0 bridgehead atoms. The average molecular weight is 343 g/mol. The molecule has 2 aromatic rings. The van der Waals surface area contributed by atoms with Crippen LogP contribution in [0.15, 0.2) is 41.2 Å². The SMILES string of the molecule is O=C(COC(=O)c1ccoc1)Nc1ccc2c(c1)OC1(CCCC1)O2. The highest BCUT2D eigenvalue weighted by Crippen LogP contribution is 2.47. The molecule has 25 heavy (non-hydrogen) atoms.